The summed E-state index contributed by atoms with van der Waals surface area (Å²) in [5.74, 6) is 0.693. The number of ether oxygens (including phenoxy) is 1. The first-order valence-electron chi connectivity index (χ1n) is 10.9. The number of piperidine rings is 1. The Balaban J connectivity index is 1.50. The van der Waals surface area contributed by atoms with Gasteiger partial charge in [0.05, 0.1) is 28.4 Å². The maximum atomic E-state index is 12.4. The molecule has 3 aliphatic rings. The molecule has 0 radical (unpaired) electrons. The molecule has 1 aliphatic carbocycles. The lowest BCUT2D eigenvalue weighted by atomic mass is 9.74. The van der Waals surface area contributed by atoms with Gasteiger partial charge in [0, 0.05) is 25.8 Å². The SMILES string of the molecule is COC1(C)CCN(Cc2nc3cc(Cl)c4c(c3o2)C2(CCCCC2)NC(=O)N4)CC1. The van der Waals surface area contributed by atoms with E-state index in [9.17, 15) is 4.79 Å². The number of methoxy groups -OCH3 is 1. The molecule has 2 fully saturated rings. The van der Waals surface area contributed by atoms with Crippen molar-refractivity contribution in [3.05, 3.63) is 22.5 Å². The van der Waals surface area contributed by atoms with E-state index in [-0.39, 0.29) is 11.6 Å². The Bertz CT molecular complexity index is 974. The number of amides is 2. The number of likely N-dealkylation sites (tertiary alicyclic amines) is 1. The van der Waals surface area contributed by atoms with Crippen LogP contribution in [0.3, 0.4) is 0 Å². The summed E-state index contributed by atoms with van der Waals surface area (Å²) in [6, 6.07) is 1.61. The van der Waals surface area contributed by atoms with Gasteiger partial charge in [0.25, 0.3) is 0 Å². The summed E-state index contributed by atoms with van der Waals surface area (Å²) in [5.41, 5.74) is 2.68. The number of rotatable bonds is 3. The monoisotopic (exact) mass is 432 g/mol. The standard InChI is InChI=1S/C22H29ClN4O3/c1-21(29-2)8-10-27(11-9-21)13-16-24-15-12-14(23)18-17(19(15)30-16)22(26-20(28)25-18)6-4-3-5-7-22/h12H,3-11,13H2,1-2H3,(H2,25,26,28). The second-order valence-corrected chi connectivity index (χ2v) is 9.62. The van der Waals surface area contributed by atoms with Gasteiger partial charge in [0.2, 0.25) is 5.89 Å². The van der Waals surface area contributed by atoms with Crippen molar-refractivity contribution in [2.75, 3.05) is 25.5 Å². The highest BCUT2D eigenvalue weighted by Crippen LogP contribution is 2.48. The fourth-order valence-electron chi connectivity index (χ4n) is 5.26. The van der Waals surface area contributed by atoms with Gasteiger partial charge in [-0.25, -0.2) is 9.78 Å². The number of carbonyl (C=O) groups is 1. The topological polar surface area (TPSA) is 79.6 Å². The van der Waals surface area contributed by atoms with Crippen molar-refractivity contribution in [1.29, 1.82) is 0 Å². The summed E-state index contributed by atoms with van der Waals surface area (Å²) >= 11 is 6.59. The van der Waals surface area contributed by atoms with Crippen LogP contribution in [0.2, 0.25) is 5.02 Å². The fourth-order valence-corrected chi connectivity index (χ4v) is 5.51. The third-order valence-corrected chi connectivity index (χ3v) is 7.52. The van der Waals surface area contributed by atoms with Crippen molar-refractivity contribution in [2.24, 2.45) is 0 Å². The summed E-state index contributed by atoms with van der Waals surface area (Å²) in [5, 5.41) is 6.62. The van der Waals surface area contributed by atoms with Crippen molar-refractivity contribution in [3.63, 3.8) is 0 Å². The second kappa shape index (κ2) is 7.39. The molecule has 1 saturated carbocycles. The highest BCUT2D eigenvalue weighted by atomic mass is 35.5. The van der Waals surface area contributed by atoms with Gasteiger partial charge in [0.1, 0.15) is 5.52 Å². The number of oxazole rings is 1. The molecular formula is C22H29ClN4O3. The zero-order valence-corrected chi connectivity index (χ0v) is 18.4. The molecule has 1 saturated heterocycles. The molecule has 1 aromatic carbocycles. The number of nitrogens with zero attached hydrogens (tertiary/aromatic N) is 2. The quantitative estimate of drug-likeness (QED) is 0.729. The molecule has 7 nitrogen and oxygen atoms in total. The predicted molar refractivity (Wildman–Crippen MR) is 116 cm³/mol. The minimum Gasteiger partial charge on any atom is -0.439 e. The molecule has 1 spiro atoms. The van der Waals surface area contributed by atoms with Gasteiger partial charge in [0.15, 0.2) is 5.58 Å². The predicted octanol–water partition coefficient (Wildman–Crippen LogP) is 4.78. The molecule has 2 amide bonds. The Morgan fingerprint density at radius 1 is 1.23 bits per heavy atom. The van der Waals surface area contributed by atoms with Crippen LogP contribution >= 0.6 is 11.6 Å². The van der Waals surface area contributed by atoms with Gasteiger partial charge in [-0.1, -0.05) is 30.9 Å². The maximum absolute atomic E-state index is 12.4. The smallest absolute Gasteiger partial charge is 0.319 e. The molecule has 0 atom stereocenters. The molecule has 8 heteroatoms. The number of hydrogen-bond acceptors (Lipinski definition) is 5. The first-order chi connectivity index (χ1) is 14.4. The van der Waals surface area contributed by atoms with E-state index in [0.29, 0.717) is 23.1 Å². The number of fused-ring (bicyclic) bond motifs is 4. The molecule has 2 N–H and O–H groups in total. The number of halogens is 1. The third kappa shape index (κ3) is 3.37. The van der Waals surface area contributed by atoms with Crippen LogP contribution < -0.4 is 10.6 Å². The number of anilines is 1. The number of carbonyl (C=O) groups excluding carboxylic acids is 1. The van der Waals surface area contributed by atoms with Crippen molar-refractivity contribution in [2.45, 2.75) is 69.6 Å². The van der Waals surface area contributed by atoms with Gasteiger partial charge < -0.3 is 19.8 Å². The van der Waals surface area contributed by atoms with Crippen LogP contribution in [0.25, 0.3) is 11.1 Å². The highest BCUT2D eigenvalue weighted by Gasteiger charge is 2.44. The van der Waals surface area contributed by atoms with Crippen LogP contribution in [0, 0.1) is 0 Å². The average Bonchev–Trinajstić information content (AvgIpc) is 3.12. The molecule has 2 aliphatic heterocycles. The van der Waals surface area contributed by atoms with Gasteiger partial charge in [-0.15, -0.1) is 0 Å². The Labute approximate surface area is 181 Å². The lowest BCUT2D eigenvalue weighted by molar-refractivity contribution is -0.0451. The molecule has 0 bridgehead atoms. The normalized spacial score (nSPS) is 23.2. The molecule has 2 aromatic rings. The summed E-state index contributed by atoms with van der Waals surface area (Å²) in [6.07, 6.45) is 7.08. The maximum Gasteiger partial charge on any atom is 0.319 e. The van der Waals surface area contributed by atoms with Gasteiger partial charge >= 0.3 is 6.03 Å². The van der Waals surface area contributed by atoms with Crippen LogP contribution in [-0.2, 0) is 16.8 Å². The molecule has 162 valence electrons. The van der Waals surface area contributed by atoms with Crippen LogP contribution in [0.1, 0.15) is 63.3 Å². The number of benzene rings is 1. The zero-order chi connectivity index (χ0) is 20.9. The van der Waals surface area contributed by atoms with E-state index in [4.69, 9.17) is 25.7 Å². The lowest BCUT2D eigenvalue weighted by Crippen LogP contribution is -2.52. The zero-order valence-electron chi connectivity index (χ0n) is 17.6. The van der Waals surface area contributed by atoms with E-state index < -0.39 is 5.54 Å². The molecule has 3 heterocycles. The van der Waals surface area contributed by atoms with Crippen molar-refractivity contribution < 1.29 is 13.9 Å². The van der Waals surface area contributed by atoms with E-state index in [1.54, 1.807) is 7.11 Å². The largest absolute Gasteiger partial charge is 0.439 e. The fraction of sp³-hybridized carbons (Fsp3) is 0.636. The first-order valence-corrected chi connectivity index (χ1v) is 11.3. The minimum atomic E-state index is -0.429. The van der Waals surface area contributed by atoms with E-state index in [0.717, 1.165) is 68.3 Å². The van der Waals surface area contributed by atoms with Crippen LogP contribution in [0.5, 0.6) is 0 Å². The molecule has 1 aromatic heterocycles. The molecular weight excluding hydrogens is 404 g/mol. The second-order valence-electron chi connectivity index (χ2n) is 9.22. The highest BCUT2D eigenvalue weighted by molar-refractivity contribution is 6.35. The Hall–Kier alpha value is -1.83. The molecule has 0 unspecified atom stereocenters. The van der Waals surface area contributed by atoms with E-state index in [1.807, 2.05) is 6.07 Å². The van der Waals surface area contributed by atoms with Crippen molar-refractivity contribution in [3.8, 4) is 0 Å². The molecule has 30 heavy (non-hydrogen) atoms. The lowest BCUT2D eigenvalue weighted by Gasteiger charge is -2.42. The Morgan fingerprint density at radius 3 is 2.67 bits per heavy atom. The van der Waals surface area contributed by atoms with Crippen molar-refractivity contribution >= 4 is 34.4 Å². The Kier molecular flexibility index (Phi) is 4.95. The third-order valence-electron chi connectivity index (χ3n) is 7.22. The van der Waals surface area contributed by atoms with E-state index >= 15 is 0 Å². The van der Waals surface area contributed by atoms with Crippen LogP contribution in [0.4, 0.5) is 10.5 Å². The van der Waals surface area contributed by atoms with Gasteiger partial charge in [-0.2, -0.15) is 0 Å². The summed E-state index contributed by atoms with van der Waals surface area (Å²) in [6.45, 7) is 4.73. The van der Waals surface area contributed by atoms with E-state index in [1.165, 1.54) is 6.42 Å². The number of urea groups is 1. The summed E-state index contributed by atoms with van der Waals surface area (Å²) < 4.78 is 12.0. The summed E-state index contributed by atoms with van der Waals surface area (Å²) in [7, 11) is 1.79. The number of aromatic nitrogens is 1. The number of nitrogens with one attached hydrogen (secondary N) is 2. The minimum absolute atomic E-state index is 0.0400. The average molecular weight is 433 g/mol. The van der Waals surface area contributed by atoms with Crippen LogP contribution in [-0.4, -0.2) is 41.7 Å². The van der Waals surface area contributed by atoms with Crippen LogP contribution in [0.15, 0.2) is 10.5 Å². The Morgan fingerprint density at radius 2 is 1.97 bits per heavy atom. The van der Waals surface area contributed by atoms with E-state index in [2.05, 4.69) is 22.5 Å². The first kappa shape index (κ1) is 20.1. The van der Waals surface area contributed by atoms with Gasteiger partial charge in [-0.05, 0) is 38.7 Å². The number of hydrogen-bond donors (Lipinski definition) is 2. The molecule has 5 rings (SSSR count). The summed E-state index contributed by atoms with van der Waals surface area (Å²) in [4.78, 5) is 19.5. The van der Waals surface area contributed by atoms with Crippen molar-refractivity contribution in [1.82, 2.24) is 15.2 Å². The van der Waals surface area contributed by atoms with Gasteiger partial charge in [-0.3, -0.25) is 4.90 Å².